The summed E-state index contributed by atoms with van der Waals surface area (Å²) in [5.41, 5.74) is 3.36. The first-order chi connectivity index (χ1) is 13.0. The number of carbonyl (C=O) groups is 2. The van der Waals surface area contributed by atoms with Gasteiger partial charge in [0, 0.05) is 37.3 Å². The zero-order valence-electron chi connectivity index (χ0n) is 15.5. The highest BCUT2D eigenvalue weighted by molar-refractivity contribution is 5.97. The fraction of sp³-hybridized carbons (Fsp3) is 0.333. The second kappa shape index (κ2) is 6.95. The molecule has 2 heterocycles. The lowest BCUT2D eigenvalue weighted by atomic mass is 10.0. The Morgan fingerprint density at radius 2 is 1.48 bits per heavy atom. The quantitative estimate of drug-likeness (QED) is 0.820. The largest absolute Gasteiger partial charge is 0.454 e. The monoisotopic (exact) mass is 366 g/mol. The van der Waals surface area contributed by atoms with Gasteiger partial charge in [0.15, 0.2) is 11.5 Å². The molecular formula is C21H22N2O4. The first-order valence-electron chi connectivity index (χ1n) is 9.08. The Bertz CT molecular complexity index is 901. The summed E-state index contributed by atoms with van der Waals surface area (Å²) in [5.74, 6) is 1.25. The maximum atomic E-state index is 12.8. The number of rotatable bonds is 2. The van der Waals surface area contributed by atoms with Gasteiger partial charge in [-0.2, -0.15) is 0 Å². The average Bonchev–Trinajstić information content (AvgIpc) is 3.16. The van der Waals surface area contributed by atoms with E-state index in [-0.39, 0.29) is 18.6 Å². The van der Waals surface area contributed by atoms with Gasteiger partial charge in [0.25, 0.3) is 11.8 Å². The van der Waals surface area contributed by atoms with Crippen molar-refractivity contribution in [2.75, 3.05) is 33.0 Å². The van der Waals surface area contributed by atoms with Crippen LogP contribution in [0.4, 0.5) is 0 Å². The normalized spacial score (nSPS) is 15.8. The molecule has 2 amide bonds. The summed E-state index contributed by atoms with van der Waals surface area (Å²) < 4.78 is 10.6. The van der Waals surface area contributed by atoms with Crippen LogP contribution >= 0.6 is 0 Å². The maximum absolute atomic E-state index is 12.8. The van der Waals surface area contributed by atoms with Crippen molar-refractivity contribution in [3.05, 3.63) is 58.7 Å². The van der Waals surface area contributed by atoms with Gasteiger partial charge in [-0.15, -0.1) is 0 Å². The smallest absolute Gasteiger partial charge is 0.254 e. The molecule has 2 aliphatic rings. The average molecular weight is 366 g/mol. The lowest BCUT2D eigenvalue weighted by Crippen LogP contribution is -2.50. The van der Waals surface area contributed by atoms with E-state index in [4.69, 9.17) is 9.47 Å². The topological polar surface area (TPSA) is 59.1 Å². The molecule has 2 aromatic rings. The minimum atomic E-state index is -0.0489. The van der Waals surface area contributed by atoms with Crippen LogP contribution in [0.5, 0.6) is 11.5 Å². The molecule has 0 saturated carbocycles. The van der Waals surface area contributed by atoms with E-state index in [0.717, 1.165) is 16.7 Å². The van der Waals surface area contributed by atoms with Crippen molar-refractivity contribution < 1.29 is 19.1 Å². The molecule has 0 radical (unpaired) electrons. The van der Waals surface area contributed by atoms with Crippen LogP contribution in [-0.4, -0.2) is 54.6 Å². The molecule has 27 heavy (non-hydrogen) atoms. The lowest BCUT2D eigenvalue weighted by Gasteiger charge is -2.35. The van der Waals surface area contributed by atoms with Gasteiger partial charge >= 0.3 is 0 Å². The van der Waals surface area contributed by atoms with Crippen LogP contribution in [-0.2, 0) is 0 Å². The number of amides is 2. The molecule has 1 fully saturated rings. The van der Waals surface area contributed by atoms with Crippen molar-refractivity contribution >= 4 is 11.8 Å². The summed E-state index contributed by atoms with van der Waals surface area (Å²) in [4.78, 5) is 29.2. The van der Waals surface area contributed by atoms with Crippen LogP contribution < -0.4 is 9.47 Å². The van der Waals surface area contributed by atoms with Gasteiger partial charge in [0.1, 0.15) is 0 Å². The molecule has 0 bridgehead atoms. The van der Waals surface area contributed by atoms with Crippen LogP contribution in [0.2, 0.25) is 0 Å². The van der Waals surface area contributed by atoms with Gasteiger partial charge in [-0.1, -0.05) is 17.7 Å². The second-order valence-corrected chi connectivity index (χ2v) is 6.97. The molecule has 2 aromatic carbocycles. The van der Waals surface area contributed by atoms with E-state index in [1.165, 1.54) is 0 Å². The van der Waals surface area contributed by atoms with E-state index in [0.29, 0.717) is 43.2 Å². The SMILES string of the molecule is Cc1ccc(C)c(C(=O)N2CCN(C(=O)c3ccc4c(c3)OCO4)CC2)c1. The maximum Gasteiger partial charge on any atom is 0.254 e. The zero-order chi connectivity index (χ0) is 19.0. The number of fused-ring (bicyclic) bond motifs is 1. The van der Waals surface area contributed by atoms with Crippen molar-refractivity contribution in [2.45, 2.75) is 13.8 Å². The van der Waals surface area contributed by atoms with E-state index >= 15 is 0 Å². The van der Waals surface area contributed by atoms with Gasteiger partial charge < -0.3 is 19.3 Å². The molecule has 2 aliphatic heterocycles. The molecule has 6 nitrogen and oxygen atoms in total. The number of hydrogen-bond donors (Lipinski definition) is 0. The van der Waals surface area contributed by atoms with Gasteiger partial charge in [0.2, 0.25) is 6.79 Å². The van der Waals surface area contributed by atoms with Crippen LogP contribution in [0, 0.1) is 13.8 Å². The Kier molecular flexibility index (Phi) is 4.48. The Labute approximate surface area is 158 Å². The third kappa shape index (κ3) is 3.35. The molecule has 0 aromatic heterocycles. The van der Waals surface area contributed by atoms with Crippen molar-refractivity contribution in [2.24, 2.45) is 0 Å². The molecule has 0 N–H and O–H groups in total. The highest BCUT2D eigenvalue weighted by atomic mass is 16.7. The molecule has 0 atom stereocenters. The van der Waals surface area contributed by atoms with E-state index in [9.17, 15) is 9.59 Å². The third-order valence-corrected chi connectivity index (χ3v) is 5.10. The van der Waals surface area contributed by atoms with Gasteiger partial charge in [-0.3, -0.25) is 9.59 Å². The van der Waals surface area contributed by atoms with Crippen molar-refractivity contribution in [1.82, 2.24) is 9.80 Å². The summed E-state index contributed by atoms with van der Waals surface area (Å²) in [6.07, 6.45) is 0. The molecule has 0 unspecified atom stereocenters. The Balaban J connectivity index is 1.42. The van der Waals surface area contributed by atoms with E-state index in [1.54, 1.807) is 23.1 Å². The summed E-state index contributed by atoms with van der Waals surface area (Å²) in [7, 11) is 0. The third-order valence-electron chi connectivity index (χ3n) is 5.10. The molecule has 6 heteroatoms. The number of ether oxygens (including phenoxy) is 2. The Morgan fingerprint density at radius 3 is 2.22 bits per heavy atom. The van der Waals surface area contributed by atoms with E-state index in [1.807, 2.05) is 36.9 Å². The van der Waals surface area contributed by atoms with E-state index < -0.39 is 0 Å². The summed E-state index contributed by atoms with van der Waals surface area (Å²) >= 11 is 0. The summed E-state index contributed by atoms with van der Waals surface area (Å²) in [6.45, 7) is 6.22. The fourth-order valence-electron chi connectivity index (χ4n) is 3.46. The van der Waals surface area contributed by atoms with Crippen LogP contribution in [0.25, 0.3) is 0 Å². The first-order valence-corrected chi connectivity index (χ1v) is 9.08. The number of hydrogen-bond acceptors (Lipinski definition) is 4. The minimum absolute atomic E-state index is 0.0337. The highest BCUT2D eigenvalue weighted by Gasteiger charge is 2.27. The van der Waals surface area contributed by atoms with Crippen LogP contribution in [0.15, 0.2) is 36.4 Å². The van der Waals surface area contributed by atoms with Crippen LogP contribution in [0.1, 0.15) is 31.8 Å². The highest BCUT2D eigenvalue weighted by Crippen LogP contribution is 2.32. The second-order valence-electron chi connectivity index (χ2n) is 6.97. The summed E-state index contributed by atoms with van der Waals surface area (Å²) in [5, 5.41) is 0. The number of piperazine rings is 1. The summed E-state index contributed by atoms with van der Waals surface area (Å²) in [6, 6.07) is 11.1. The fourth-order valence-corrected chi connectivity index (χ4v) is 3.46. The predicted octanol–water partition coefficient (Wildman–Crippen LogP) is 2.63. The number of nitrogens with zero attached hydrogens (tertiary/aromatic N) is 2. The molecular weight excluding hydrogens is 344 g/mol. The molecule has 0 spiro atoms. The predicted molar refractivity (Wildman–Crippen MR) is 100 cm³/mol. The molecule has 4 rings (SSSR count). The molecule has 140 valence electrons. The minimum Gasteiger partial charge on any atom is -0.454 e. The first kappa shape index (κ1) is 17.4. The number of aryl methyl sites for hydroxylation is 2. The zero-order valence-corrected chi connectivity index (χ0v) is 15.5. The van der Waals surface area contributed by atoms with Gasteiger partial charge in [-0.25, -0.2) is 0 Å². The van der Waals surface area contributed by atoms with Crippen LogP contribution in [0.3, 0.4) is 0 Å². The van der Waals surface area contributed by atoms with Gasteiger partial charge in [-0.05, 0) is 43.7 Å². The molecule has 0 aliphatic carbocycles. The molecule has 1 saturated heterocycles. The number of carbonyl (C=O) groups excluding carboxylic acids is 2. The van der Waals surface area contributed by atoms with Crippen molar-refractivity contribution in [3.8, 4) is 11.5 Å². The van der Waals surface area contributed by atoms with Crippen molar-refractivity contribution in [1.29, 1.82) is 0 Å². The van der Waals surface area contributed by atoms with Gasteiger partial charge in [0.05, 0.1) is 0 Å². The standard InChI is InChI=1S/C21H22N2O4/c1-14-3-4-15(2)17(11-14)21(25)23-9-7-22(8-10-23)20(24)16-5-6-18-19(12-16)27-13-26-18/h3-6,11-12H,7-10,13H2,1-2H3. The Morgan fingerprint density at radius 1 is 0.815 bits per heavy atom. The van der Waals surface area contributed by atoms with E-state index in [2.05, 4.69) is 0 Å². The Hall–Kier alpha value is -3.02. The van der Waals surface area contributed by atoms with Crippen molar-refractivity contribution in [3.63, 3.8) is 0 Å². The lowest BCUT2D eigenvalue weighted by molar-refractivity contribution is 0.0535. The number of benzene rings is 2.